The third-order valence-corrected chi connectivity index (χ3v) is 4.75. The van der Waals surface area contributed by atoms with Crippen LogP contribution in [0.2, 0.25) is 5.15 Å². The van der Waals surface area contributed by atoms with E-state index in [2.05, 4.69) is 14.9 Å². The van der Waals surface area contributed by atoms with Gasteiger partial charge in [0.05, 0.1) is 4.90 Å². The maximum Gasteiger partial charge on any atom is 0.263 e. The topological polar surface area (TPSA) is 72.0 Å². The zero-order chi connectivity index (χ0) is 16.3. The maximum atomic E-state index is 12.7. The summed E-state index contributed by atoms with van der Waals surface area (Å²) in [7, 11) is -3.80. The molecule has 0 saturated heterocycles. The number of nitrogens with one attached hydrogen (secondary N) is 1. The first kappa shape index (κ1) is 15.5. The Hall–Kier alpha value is -2.44. The first-order valence-electron chi connectivity index (χ1n) is 6.73. The lowest BCUT2D eigenvalue weighted by Crippen LogP contribution is -2.15. The molecule has 0 fully saturated rings. The molecule has 0 aliphatic heterocycles. The summed E-state index contributed by atoms with van der Waals surface area (Å²) in [4.78, 5) is 0.169. The van der Waals surface area contributed by atoms with Crippen LogP contribution in [-0.2, 0) is 10.0 Å². The van der Waals surface area contributed by atoms with Crippen LogP contribution in [0.5, 0.6) is 0 Å². The second-order valence-corrected chi connectivity index (χ2v) is 6.75. The van der Waals surface area contributed by atoms with E-state index in [0.717, 1.165) is 5.56 Å². The van der Waals surface area contributed by atoms with Crippen molar-refractivity contribution in [3.8, 4) is 11.1 Å². The summed E-state index contributed by atoms with van der Waals surface area (Å²) in [6.45, 7) is 0. The number of hydrogen-bond donors (Lipinski definition) is 1. The minimum Gasteiger partial charge on any atom is -0.262 e. The average Bonchev–Trinajstić information content (AvgIpc) is 2.58. The first-order chi connectivity index (χ1) is 11.1. The highest BCUT2D eigenvalue weighted by Gasteiger charge is 2.19. The number of sulfonamides is 1. The van der Waals surface area contributed by atoms with Crippen molar-refractivity contribution in [2.24, 2.45) is 0 Å². The summed E-state index contributed by atoms with van der Waals surface area (Å²) in [5.74, 6) is 0.109. The molecule has 0 aliphatic carbocycles. The fourth-order valence-corrected chi connectivity index (χ4v) is 3.45. The maximum absolute atomic E-state index is 12.7. The lowest BCUT2D eigenvalue weighted by atomic mass is 10.1. The minimum atomic E-state index is -3.80. The SMILES string of the molecule is O=S(=O)(Nc1ccc(Cl)nn1)c1ccccc1-c1ccccc1. The van der Waals surface area contributed by atoms with Crippen LogP contribution in [0.25, 0.3) is 11.1 Å². The van der Waals surface area contributed by atoms with Crippen LogP contribution >= 0.6 is 11.6 Å². The van der Waals surface area contributed by atoms with Crippen molar-refractivity contribution in [2.75, 3.05) is 4.72 Å². The molecule has 2 aromatic carbocycles. The van der Waals surface area contributed by atoms with Gasteiger partial charge in [-0.1, -0.05) is 60.1 Å². The van der Waals surface area contributed by atoms with E-state index in [1.54, 1.807) is 24.3 Å². The number of aromatic nitrogens is 2. The molecule has 3 aromatic rings. The zero-order valence-corrected chi connectivity index (χ0v) is 13.4. The standard InChI is InChI=1S/C16H12ClN3O2S/c17-15-10-11-16(19-18-15)20-23(21,22)14-9-5-4-8-13(14)12-6-2-1-3-7-12/h1-11H,(H,19,20). The number of benzene rings is 2. The molecule has 1 N–H and O–H groups in total. The molecule has 0 bridgehead atoms. The molecule has 0 atom stereocenters. The van der Waals surface area contributed by atoms with Gasteiger partial charge in [0, 0.05) is 5.56 Å². The van der Waals surface area contributed by atoms with E-state index in [0.29, 0.717) is 5.56 Å². The fraction of sp³-hybridized carbons (Fsp3) is 0. The number of rotatable bonds is 4. The third-order valence-electron chi connectivity index (χ3n) is 3.13. The van der Waals surface area contributed by atoms with Crippen molar-refractivity contribution in [3.63, 3.8) is 0 Å². The van der Waals surface area contributed by atoms with Gasteiger partial charge in [0.2, 0.25) is 0 Å². The quantitative estimate of drug-likeness (QED) is 0.784. The molecule has 5 nitrogen and oxygen atoms in total. The summed E-state index contributed by atoms with van der Waals surface area (Å²) >= 11 is 5.65. The Morgan fingerprint density at radius 1 is 0.826 bits per heavy atom. The van der Waals surface area contributed by atoms with E-state index in [9.17, 15) is 8.42 Å². The van der Waals surface area contributed by atoms with Gasteiger partial charge < -0.3 is 0 Å². The second kappa shape index (κ2) is 6.36. The van der Waals surface area contributed by atoms with Gasteiger partial charge in [-0.3, -0.25) is 4.72 Å². The van der Waals surface area contributed by atoms with Gasteiger partial charge in [0.1, 0.15) is 0 Å². The van der Waals surface area contributed by atoms with Gasteiger partial charge >= 0.3 is 0 Å². The lowest BCUT2D eigenvalue weighted by Gasteiger charge is -2.11. The van der Waals surface area contributed by atoms with E-state index in [4.69, 9.17) is 11.6 Å². The summed E-state index contributed by atoms with van der Waals surface area (Å²) < 4.78 is 27.7. The Morgan fingerprint density at radius 2 is 1.52 bits per heavy atom. The Bertz CT molecular complexity index is 914. The molecule has 1 heterocycles. The highest BCUT2D eigenvalue weighted by molar-refractivity contribution is 7.92. The molecule has 116 valence electrons. The first-order valence-corrected chi connectivity index (χ1v) is 8.59. The fourth-order valence-electron chi connectivity index (χ4n) is 2.12. The Kier molecular flexibility index (Phi) is 4.27. The summed E-state index contributed by atoms with van der Waals surface area (Å²) in [5.41, 5.74) is 1.43. The van der Waals surface area contributed by atoms with Crippen LogP contribution in [-0.4, -0.2) is 18.6 Å². The summed E-state index contributed by atoms with van der Waals surface area (Å²) in [6, 6.07) is 19.0. The van der Waals surface area contributed by atoms with Crippen LogP contribution in [0, 0.1) is 0 Å². The van der Waals surface area contributed by atoms with Gasteiger partial charge in [-0.2, -0.15) is 0 Å². The smallest absolute Gasteiger partial charge is 0.262 e. The predicted molar refractivity (Wildman–Crippen MR) is 89.7 cm³/mol. The molecule has 0 saturated carbocycles. The third kappa shape index (κ3) is 3.49. The monoisotopic (exact) mass is 345 g/mol. The van der Waals surface area contributed by atoms with E-state index < -0.39 is 10.0 Å². The van der Waals surface area contributed by atoms with Crippen molar-refractivity contribution in [3.05, 3.63) is 71.9 Å². The van der Waals surface area contributed by atoms with Gasteiger partial charge in [-0.05, 0) is 23.8 Å². The molecule has 0 spiro atoms. The highest BCUT2D eigenvalue weighted by Crippen LogP contribution is 2.28. The number of halogens is 1. The normalized spacial score (nSPS) is 11.2. The number of anilines is 1. The largest absolute Gasteiger partial charge is 0.263 e. The van der Waals surface area contributed by atoms with Gasteiger partial charge in [0.25, 0.3) is 10.0 Å². The van der Waals surface area contributed by atoms with E-state index in [-0.39, 0.29) is 15.9 Å². The molecule has 0 amide bonds. The van der Waals surface area contributed by atoms with E-state index in [1.807, 2.05) is 30.3 Å². The molecule has 0 unspecified atom stereocenters. The van der Waals surface area contributed by atoms with Crippen LogP contribution in [0.4, 0.5) is 5.82 Å². The Labute approximate surface area is 139 Å². The molecule has 0 radical (unpaired) electrons. The van der Waals surface area contributed by atoms with Crippen molar-refractivity contribution in [1.82, 2.24) is 10.2 Å². The molecule has 3 rings (SSSR count). The van der Waals surface area contributed by atoms with Crippen LogP contribution in [0.15, 0.2) is 71.6 Å². The van der Waals surface area contributed by atoms with Gasteiger partial charge in [0.15, 0.2) is 11.0 Å². The van der Waals surface area contributed by atoms with Crippen molar-refractivity contribution < 1.29 is 8.42 Å². The highest BCUT2D eigenvalue weighted by atomic mass is 35.5. The molecular formula is C16H12ClN3O2S. The van der Waals surface area contributed by atoms with Crippen LogP contribution in [0.1, 0.15) is 0 Å². The lowest BCUT2D eigenvalue weighted by molar-refractivity contribution is 0.601. The summed E-state index contributed by atoms with van der Waals surface area (Å²) in [6.07, 6.45) is 0. The zero-order valence-electron chi connectivity index (χ0n) is 11.8. The molecule has 0 aliphatic rings. The number of hydrogen-bond acceptors (Lipinski definition) is 4. The molecule has 1 aromatic heterocycles. The summed E-state index contributed by atoms with van der Waals surface area (Å²) in [5, 5.41) is 7.54. The molecular weight excluding hydrogens is 334 g/mol. The van der Waals surface area contributed by atoms with Crippen molar-refractivity contribution in [1.29, 1.82) is 0 Å². The van der Waals surface area contributed by atoms with E-state index >= 15 is 0 Å². The predicted octanol–water partition coefficient (Wildman–Crippen LogP) is 3.60. The Morgan fingerprint density at radius 3 is 2.22 bits per heavy atom. The van der Waals surface area contributed by atoms with Crippen LogP contribution < -0.4 is 4.72 Å². The Balaban J connectivity index is 2.02. The minimum absolute atomic E-state index is 0.109. The van der Waals surface area contributed by atoms with Crippen molar-refractivity contribution in [2.45, 2.75) is 4.90 Å². The van der Waals surface area contributed by atoms with Crippen LogP contribution in [0.3, 0.4) is 0 Å². The number of nitrogens with zero attached hydrogens (tertiary/aromatic N) is 2. The van der Waals surface area contributed by atoms with E-state index in [1.165, 1.54) is 12.1 Å². The second-order valence-electron chi connectivity index (χ2n) is 4.71. The molecule has 23 heavy (non-hydrogen) atoms. The van der Waals surface area contributed by atoms with Crippen molar-refractivity contribution >= 4 is 27.4 Å². The average molecular weight is 346 g/mol. The van der Waals surface area contributed by atoms with Gasteiger partial charge in [-0.25, -0.2) is 8.42 Å². The molecule has 7 heteroatoms. The van der Waals surface area contributed by atoms with Gasteiger partial charge in [-0.15, -0.1) is 10.2 Å².